The quantitative estimate of drug-likeness (QED) is 0.876. The van der Waals surface area contributed by atoms with Crippen LogP contribution in [0.5, 0.6) is 0 Å². The summed E-state index contributed by atoms with van der Waals surface area (Å²) in [5.74, 6) is -0.110. The molecule has 1 saturated heterocycles. The predicted octanol–water partition coefficient (Wildman–Crippen LogP) is 3.03. The van der Waals surface area contributed by atoms with Crippen LogP contribution in [0.1, 0.15) is 40.5 Å². The number of para-hydroxylation sites is 1. The molecule has 1 fully saturated rings. The molecule has 1 aromatic carbocycles. The van der Waals surface area contributed by atoms with E-state index in [4.69, 9.17) is 4.74 Å². The zero-order chi connectivity index (χ0) is 19.3. The van der Waals surface area contributed by atoms with Crippen molar-refractivity contribution in [2.24, 2.45) is 0 Å². The van der Waals surface area contributed by atoms with Crippen LogP contribution >= 0.6 is 0 Å². The minimum Gasteiger partial charge on any atom is -0.444 e. The first-order valence-corrected chi connectivity index (χ1v) is 9.24. The van der Waals surface area contributed by atoms with Crippen molar-refractivity contribution in [3.8, 4) is 0 Å². The Morgan fingerprint density at radius 1 is 1.31 bits per heavy atom. The zero-order valence-corrected chi connectivity index (χ0v) is 16.5. The Morgan fingerprint density at radius 3 is 2.58 bits per heavy atom. The Morgan fingerprint density at radius 2 is 1.96 bits per heavy atom. The number of hydrogen-bond donors (Lipinski definition) is 1. The van der Waals surface area contributed by atoms with Crippen molar-refractivity contribution in [3.05, 3.63) is 30.3 Å². The molecule has 0 aliphatic carbocycles. The number of ether oxygens (including phenoxy) is 1. The van der Waals surface area contributed by atoms with Gasteiger partial charge >= 0.3 is 6.09 Å². The van der Waals surface area contributed by atoms with Crippen molar-refractivity contribution in [1.29, 1.82) is 0 Å². The first-order valence-electron chi connectivity index (χ1n) is 9.24. The lowest BCUT2D eigenvalue weighted by molar-refractivity contribution is -0.125. The molecule has 1 N–H and O–H groups in total. The van der Waals surface area contributed by atoms with Crippen molar-refractivity contribution < 1.29 is 14.3 Å². The highest BCUT2D eigenvalue weighted by atomic mass is 16.6. The third-order valence-corrected chi connectivity index (χ3v) is 4.58. The van der Waals surface area contributed by atoms with Gasteiger partial charge in [0.05, 0.1) is 0 Å². The van der Waals surface area contributed by atoms with Gasteiger partial charge in [-0.1, -0.05) is 18.2 Å². The number of hydrogen-bond acceptors (Lipinski definition) is 4. The van der Waals surface area contributed by atoms with Crippen LogP contribution in [-0.4, -0.2) is 54.7 Å². The number of anilines is 1. The van der Waals surface area contributed by atoms with Gasteiger partial charge in [-0.05, 0) is 52.7 Å². The average Bonchev–Trinajstić information content (AvgIpc) is 3.08. The summed E-state index contributed by atoms with van der Waals surface area (Å²) in [4.78, 5) is 28.6. The molecular weight excluding hydrogens is 330 g/mol. The molecule has 26 heavy (non-hydrogen) atoms. The van der Waals surface area contributed by atoms with Crippen LogP contribution in [0.2, 0.25) is 0 Å². The minimum absolute atomic E-state index is 0.110. The molecule has 6 heteroatoms. The van der Waals surface area contributed by atoms with Crippen molar-refractivity contribution in [1.82, 2.24) is 10.2 Å². The van der Waals surface area contributed by atoms with Crippen molar-refractivity contribution in [3.63, 3.8) is 0 Å². The number of amides is 2. The fourth-order valence-corrected chi connectivity index (χ4v) is 3.00. The number of carbonyl (C=O) groups excluding carboxylic acids is 2. The van der Waals surface area contributed by atoms with Crippen LogP contribution in [0.4, 0.5) is 10.5 Å². The topological polar surface area (TPSA) is 61.9 Å². The Kier molecular flexibility index (Phi) is 6.51. The van der Waals surface area contributed by atoms with E-state index in [0.717, 1.165) is 12.1 Å². The number of nitrogens with one attached hydrogen (secondary N) is 1. The molecule has 0 radical (unpaired) electrons. The first kappa shape index (κ1) is 20.1. The molecule has 144 valence electrons. The molecule has 2 atom stereocenters. The summed E-state index contributed by atoms with van der Waals surface area (Å²) in [5.41, 5.74) is 0.540. The highest BCUT2D eigenvalue weighted by Crippen LogP contribution is 2.21. The summed E-state index contributed by atoms with van der Waals surface area (Å²) in [7, 11) is 2.01. The number of likely N-dealkylation sites (tertiary alicyclic amines) is 1. The molecule has 0 spiro atoms. The molecule has 0 saturated carbocycles. The van der Waals surface area contributed by atoms with E-state index in [0.29, 0.717) is 19.5 Å². The van der Waals surface area contributed by atoms with E-state index in [1.54, 1.807) is 4.90 Å². The standard InChI is InChI=1S/C20H31N3O3/c1-15(22(5)16-10-7-6-8-11-16)14-21-18(24)17-12-9-13-23(17)19(25)26-20(2,3)4/h6-8,10-11,15,17H,9,12-14H2,1-5H3,(H,21,24)/t15?,17-/m0/s1. The summed E-state index contributed by atoms with van der Waals surface area (Å²) < 4.78 is 5.42. The third kappa shape index (κ3) is 5.38. The fourth-order valence-electron chi connectivity index (χ4n) is 3.00. The summed E-state index contributed by atoms with van der Waals surface area (Å²) in [6, 6.07) is 9.74. The van der Waals surface area contributed by atoms with Gasteiger partial charge in [0.2, 0.25) is 5.91 Å². The maximum atomic E-state index is 12.6. The minimum atomic E-state index is -0.562. The number of benzene rings is 1. The smallest absolute Gasteiger partial charge is 0.410 e. The third-order valence-electron chi connectivity index (χ3n) is 4.58. The maximum Gasteiger partial charge on any atom is 0.410 e. The van der Waals surface area contributed by atoms with Crippen LogP contribution < -0.4 is 10.2 Å². The van der Waals surface area contributed by atoms with Crippen LogP contribution in [-0.2, 0) is 9.53 Å². The number of nitrogens with zero attached hydrogens (tertiary/aromatic N) is 2. The van der Waals surface area contributed by atoms with Crippen LogP contribution in [0.15, 0.2) is 30.3 Å². The lowest BCUT2D eigenvalue weighted by atomic mass is 10.2. The molecule has 2 amide bonds. The highest BCUT2D eigenvalue weighted by Gasteiger charge is 2.36. The lowest BCUT2D eigenvalue weighted by Crippen LogP contribution is -2.50. The lowest BCUT2D eigenvalue weighted by Gasteiger charge is -2.30. The Balaban J connectivity index is 1.89. The largest absolute Gasteiger partial charge is 0.444 e. The molecule has 1 unspecified atom stereocenters. The monoisotopic (exact) mass is 361 g/mol. The van der Waals surface area contributed by atoms with E-state index >= 15 is 0 Å². The van der Waals surface area contributed by atoms with Gasteiger partial charge in [-0.2, -0.15) is 0 Å². The van der Waals surface area contributed by atoms with E-state index in [-0.39, 0.29) is 11.9 Å². The van der Waals surface area contributed by atoms with Crippen molar-refractivity contribution >= 4 is 17.7 Å². The summed E-state index contributed by atoms with van der Waals surface area (Å²) in [5, 5.41) is 2.99. The van der Waals surface area contributed by atoms with Crippen LogP contribution in [0, 0.1) is 0 Å². The second-order valence-electron chi connectivity index (χ2n) is 7.87. The van der Waals surface area contributed by atoms with E-state index in [9.17, 15) is 9.59 Å². The first-order chi connectivity index (χ1) is 12.2. The normalized spacial score (nSPS) is 18.3. The summed E-state index contributed by atoms with van der Waals surface area (Å²) >= 11 is 0. The van der Waals surface area contributed by atoms with Gasteiger partial charge in [-0.25, -0.2) is 4.79 Å². The number of likely N-dealkylation sites (N-methyl/N-ethyl adjacent to an activating group) is 1. The molecule has 6 nitrogen and oxygen atoms in total. The van der Waals surface area contributed by atoms with Gasteiger partial charge in [0.1, 0.15) is 11.6 Å². The zero-order valence-electron chi connectivity index (χ0n) is 16.5. The van der Waals surface area contributed by atoms with Gasteiger partial charge in [-0.3, -0.25) is 9.69 Å². The van der Waals surface area contributed by atoms with Gasteiger partial charge < -0.3 is 15.0 Å². The van der Waals surface area contributed by atoms with E-state index in [1.165, 1.54) is 0 Å². The van der Waals surface area contributed by atoms with Gasteiger partial charge in [0.15, 0.2) is 0 Å². The van der Waals surface area contributed by atoms with Crippen LogP contribution in [0.25, 0.3) is 0 Å². The van der Waals surface area contributed by atoms with Gasteiger partial charge in [0, 0.05) is 31.9 Å². The van der Waals surface area contributed by atoms with Crippen molar-refractivity contribution in [2.45, 2.75) is 58.2 Å². The highest BCUT2D eigenvalue weighted by molar-refractivity contribution is 5.86. The molecular formula is C20H31N3O3. The summed E-state index contributed by atoms with van der Waals surface area (Å²) in [6.45, 7) is 8.63. The molecule has 0 bridgehead atoms. The Bertz CT molecular complexity index is 612. The van der Waals surface area contributed by atoms with Gasteiger partial charge in [0.25, 0.3) is 0 Å². The van der Waals surface area contributed by atoms with E-state index in [1.807, 2.05) is 58.2 Å². The second kappa shape index (κ2) is 8.43. The summed E-state index contributed by atoms with van der Waals surface area (Å²) in [6.07, 6.45) is 1.08. The van der Waals surface area contributed by atoms with Crippen LogP contribution in [0.3, 0.4) is 0 Å². The number of carbonyl (C=O) groups is 2. The molecule has 0 aromatic heterocycles. The Hall–Kier alpha value is -2.24. The molecule has 1 heterocycles. The number of rotatable bonds is 5. The predicted molar refractivity (Wildman–Crippen MR) is 103 cm³/mol. The van der Waals surface area contributed by atoms with Crippen molar-refractivity contribution in [2.75, 3.05) is 25.0 Å². The Labute approximate surface area is 156 Å². The molecule has 2 rings (SSSR count). The van der Waals surface area contributed by atoms with E-state index < -0.39 is 17.7 Å². The second-order valence-corrected chi connectivity index (χ2v) is 7.87. The fraction of sp³-hybridized carbons (Fsp3) is 0.600. The maximum absolute atomic E-state index is 12.6. The van der Waals surface area contributed by atoms with Gasteiger partial charge in [-0.15, -0.1) is 0 Å². The SMILES string of the molecule is CC(CNC(=O)[C@@H]1CCCN1C(=O)OC(C)(C)C)N(C)c1ccccc1. The average molecular weight is 361 g/mol. The molecule has 1 aromatic rings. The van der Waals surface area contributed by atoms with E-state index in [2.05, 4.69) is 17.1 Å². The molecule has 1 aliphatic heterocycles. The molecule has 1 aliphatic rings.